The van der Waals surface area contributed by atoms with E-state index in [1.807, 2.05) is 0 Å². The van der Waals surface area contributed by atoms with Crippen LogP contribution in [0.25, 0.3) is 0 Å². The van der Waals surface area contributed by atoms with Crippen LogP contribution in [0.1, 0.15) is 31.0 Å². The monoisotopic (exact) mass is 253 g/mol. The van der Waals surface area contributed by atoms with Gasteiger partial charge in [-0.2, -0.15) is 0 Å². The third-order valence-corrected chi connectivity index (χ3v) is 4.34. The summed E-state index contributed by atoms with van der Waals surface area (Å²) in [7, 11) is 0. The molecule has 0 saturated carbocycles. The minimum Gasteiger partial charge on any atom is -0.311 e. The fraction of sp³-hybridized carbons (Fsp3) is 0.769. The van der Waals surface area contributed by atoms with E-state index in [-0.39, 0.29) is 0 Å². The number of hydrogen-bond donors (Lipinski definition) is 1. The molecule has 1 N–H and O–H groups in total. The van der Waals surface area contributed by atoms with Crippen molar-refractivity contribution in [2.24, 2.45) is 0 Å². The first-order valence-corrected chi connectivity index (χ1v) is 7.45. The third-order valence-electron chi connectivity index (χ3n) is 3.52. The summed E-state index contributed by atoms with van der Waals surface area (Å²) in [4.78, 5) is 7.16. The summed E-state index contributed by atoms with van der Waals surface area (Å²) in [6, 6.07) is 1.32. The lowest BCUT2D eigenvalue weighted by molar-refractivity contribution is 0.133. The van der Waals surface area contributed by atoms with Crippen molar-refractivity contribution in [2.45, 2.75) is 45.7 Å². The molecule has 2 atom stereocenters. The zero-order chi connectivity index (χ0) is 12.3. The molecule has 2 heterocycles. The van der Waals surface area contributed by atoms with Crippen molar-refractivity contribution < 1.29 is 0 Å². The lowest BCUT2D eigenvalue weighted by Gasteiger charge is -2.39. The van der Waals surface area contributed by atoms with Crippen LogP contribution in [0.3, 0.4) is 0 Å². The molecular weight excluding hydrogens is 230 g/mol. The highest BCUT2D eigenvalue weighted by molar-refractivity contribution is 7.09. The average molecular weight is 253 g/mol. The van der Waals surface area contributed by atoms with Crippen molar-refractivity contribution in [3.63, 3.8) is 0 Å². The standard InChI is InChI=1S/C13H23N3S/c1-4-13-7-14-10(2)8-16(13)6-5-12-9-17-11(3)15-12/h9-10,13-14H,4-8H2,1-3H3. The first-order valence-electron chi connectivity index (χ1n) is 6.57. The number of hydrogen-bond acceptors (Lipinski definition) is 4. The zero-order valence-electron chi connectivity index (χ0n) is 11.1. The Labute approximate surface area is 108 Å². The van der Waals surface area contributed by atoms with Crippen LogP contribution in [0.5, 0.6) is 0 Å². The molecule has 1 aromatic heterocycles. The summed E-state index contributed by atoms with van der Waals surface area (Å²) in [5.41, 5.74) is 1.26. The van der Waals surface area contributed by atoms with Gasteiger partial charge in [-0.3, -0.25) is 4.90 Å². The van der Waals surface area contributed by atoms with Crippen molar-refractivity contribution in [1.29, 1.82) is 0 Å². The molecule has 2 unspecified atom stereocenters. The Balaban J connectivity index is 1.87. The number of nitrogens with one attached hydrogen (secondary N) is 1. The lowest BCUT2D eigenvalue weighted by atomic mass is 10.1. The van der Waals surface area contributed by atoms with E-state index in [0.29, 0.717) is 12.1 Å². The molecule has 0 bridgehead atoms. The van der Waals surface area contributed by atoms with Gasteiger partial charge in [-0.25, -0.2) is 4.98 Å². The van der Waals surface area contributed by atoms with Gasteiger partial charge in [-0.1, -0.05) is 6.92 Å². The van der Waals surface area contributed by atoms with Crippen LogP contribution < -0.4 is 5.32 Å². The highest BCUT2D eigenvalue weighted by Crippen LogP contribution is 2.13. The summed E-state index contributed by atoms with van der Waals surface area (Å²) in [6.07, 6.45) is 2.32. The summed E-state index contributed by atoms with van der Waals surface area (Å²) >= 11 is 1.76. The van der Waals surface area contributed by atoms with Crippen molar-refractivity contribution in [1.82, 2.24) is 15.2 Å². The second-order valence-corrected chi connectivity index (χ2v) is 6.04. The molecule has 1 aliphatic rings. The van der Waals surface area contributed by atoms with Gasteiger partial charge in [0.1, 0.15) is 0 Å². The first-order chi connectivity index (χ1) is 8.19. The normalized spacial score (nSPS) is 26.3. The fourth-order valence-corrected chi connectivity index (χ4v) is 3.14. The Morgan fingerprint density at radius 2 is 2.41 bits per heavy atom. The maximum atomic E-state index is 4.54. The predicted octanol–water partition coefficient (Wildman–Crippen LogP) is 2.07. The van der Waals surface area contributed by atoms with Gasteiger partial charge >= 0.3 is 0 Å². The first kappa shape index (κ1) is 13.0. The van der Waals surface area contributed by atoms with E-state index in [9.17, 15) is 0 Å². The van der Waals surface area contributed by atoms with Gasteiger partial charge < -0.3 is 5.32 Å². The topological polar surface area (TPSA) is 28.2 Å². The van der Waals surface area contributed by atoms with E-state index in [0.717, 1.165) is 19.5 Å². The van der Waals surface area contributed by atoms with Crippen LogP contribution in [0.2, 0.25) is 0 Å². The van der Waals surface area contributed by atoms with Crippen molar-refractivity contribution in [3.05, 3.63) is 16.1 Å². The summed E-state index contributed by atoms with van der Waals surface area (Å²) < 4.78 is 0. The Hall–Kier alpha value is -0.450. The minimum absolute atomic E-state index is 0.620. The molecule has 0 radical (unpaired) electrons. The molecular formula is C13H23N3S. The molecule has 0 spiro atoms. The second kappa shape index (κ2) is 5.94. The van der Waals surface area contributed by atoms with E-state index < -0.39 is 0 Å². The number of nitrogens with zero attached hydrogens (tertiary/aromatic N) is 2. The van der Waals surface area contributed by atoms with Gasteiger partial charge in [0.2, 0.25) is 0 Å². The Bertz CT molecular complexity index is 350. The molecule has 0 aliphatic carbocycles. The van der Waals surface area contributed by atoms with Crippen molar-refractivity contribution in [3.8, 4) is 0 Å². The van der Waals surface area contributed by atoms with Gasteiger partial charge in [0.15, 0.2) is 0 Å². The number of piperazine rings is 1. The smallest absolute Gasteiger partial charge is 0.0897 e. The number of thiazole rings is 1. The Morgan fingerprint density at radius 1 is 1.59 bits per heavy atom. The summed E-state index contributed by atoms with van der Waals surface area (Å²) in [6.45, 7) is 10.1. The number of rotatable bonds is 4. The zero-order valence-corrected chi connectivity index (χ0v) is 11.9. The molecule has 96 valence electrons. The average Bonchev–Trinajstić information content (AvgIpc) is 2.73. The van der Waals surface area contributed by atoms with Crippen LogP contribution in [0.4, 0.5) is 0 Å². The number of aryl methyl sites for hydroxylation is 1. The van der Waals surface area contributed by atoms with Crippen LogP contribution in [-0.2, 0) is 6.42 Å². The third kappa shape index (κ3) is 3.50. The molecule has 2 rings (SSSR count). The number of aromatic nitrogens is 1. The highest BCUT2D eigenvalue weighted by Gasteiger charge is 2.23. The van der Waals surface area contributed by atoms with E-state index in [1.54, 1.807) is 11.3 Å². The minimum atomic E-state index is 0.620. The summed E-state index contributed by atoms with van der Waals surface area (Å²) in [5.74, 6) is 0. The molecule has 1 aromatic rings. The van der Waals surface area contributed by atoms with Crippen LogP contribution >= 0.6 is 11.3 Å². The van der Waals surface area contributed by atoms with Gasteiger partial charge in [-0.05, 0) is 20.3 Å². The van der Waals surface area contributed by atoms with Crippen molar-refractivity contribution >= 4 is 11.3 Å². The van der Waals surface area contributed by atoms with E-state index in [1.165, 1.54) is 23.7 Å². The Morgan fingerprint density at radius 3 is 3.06 bits per heavy atom. The molecule has 4 heteroatoms. The Kier molecular flexibility index (Phi) is 4.54. The van der Waals surface area contributed by atoms with Gasteiger partial charge in [0.05, 0.1) is 10.7 Å². The molecule has 0 aromatic carbocycles. The lowest BCUT2D eigenvalue weighted by Crippen LogP contribution is -2.55. The fourth-order valence-electron chi connectivity index (χ4n) is 2.49. The quantitative estimate of drug-likeness (QED) is 0.890. The van der Waals surface area contributed by atoms with Gasteiger partial charge in [0, 0.05) is 43.5 Å². The van der Waals surface area contributed by atoms with E-state index in [2.05, 4.69) is 41.4 Å². The van der Waals surface area contributed by atoms with Gasteiger partial charge in [0.25, 0.3) is 0 Å². The second-order valence-electron chi connectivity index (χ2n) is 4.97. The van der Waals surface area contributed by atoms with Crippen LogP contribution in [0, 0.1) is 6.92 Å². The molecule has 1 aliphatic heterocycles. The van der Waals surface area contributed by atoms with Crippen LogP contribution in [0.15, 0.2) is 5.38 Å². The van der Waals surface area contributed by atoms with Crippen molar-refractivity contribution in [2.75, 3.05) is 19.6 Å². The van der Waals surface area contributed by atoms with E-state index in [4.69, 9.17) is 0 Å². The maximum absolute atomic E-state index is 4.54. The SMILES string of the molecule is CCC1CNC(C)CN1CCc1csc(C)n1. The molecule has 1 saturated heterocycles. The molecule has 17 heavy (non-hydrogen) atoms. The largest absolute Gasteiger partial charge is 0.311 e. The molecule has 1 fully saturated rings. The molecule has 3 nitrogen and oxygen atoms in total. The van der Waals surface area contributed by atoms with Gasteiger partial charge in [-0.15, -0.1) is 11.3 Å². The summed E-state index contributed by atoms with van der Waals surface area (Å²) in [5, 5.41) is 6.94. The molecule has 0 amide bonds. The van der Waals surface area contributed by atoms with E-state index >= 15 is 0 Å². The highest BCUT2D eigenvalue weighted by atomic mass is 32.1. The van der Waals surface area contributed by atoms with Crippen LogP contribution in [-0.4, -0.2) is 41.6 Å². The predicted molar refractivity (Wildman–Crippen MR) is 73.7 cm³/mol. The maximum Gasteiger partial charge on any atom is 0.0897 e.